The smallest absolute Gasteiger partial charge is 0.240 e. The predicted molar refractivity (Wildman–Crippen MR) is 98.7 cm³/mol. The van der Waals surface area contributed by atoms with Gasteiger partial charge in [-0.2, -0.15) is 4.72 Å². The minimum Gasteiger partial charge on any atom is -0.344 e. The predicted octanol–water partition coefficient (Wildman–Crippen LogP) is 2.86. The van der Waals surface area contributed by atoms with Gasteiger partial charge < -0.3 is 4.90 Å². The van der Waals surface area contributed by atoms with Crippen molar-refractivity contribution in [3.8, 4) is 0 Å². The van der Waals surface area contributed by atoms with E-state index < -0.39 is 16.1 Å². The van der Waals surface area contributed by atoms with E-state index in [9.17, 15) is 13.2 Å². The summed E-state index contributed by atoms with van der Waals surface area (Å²) in [6.07, 6.45) is 3.40. The van der Waals surface area contributed by atoms with E-state index in [2.05, 4.69) is 11.6 Å². The molecule has 0 aliphatic rings. The Bertz CT molecular complexity index is 639. The van der Waals surface area contributed by atoms with Crippen molar-refractivity contribution >= 4 is 22.0 Å². The molecule has 1 aromatic rings. The summed E-state index contributed by atoms with van der Waals surface area (Å²) in [6.45, 7) is 6.34. The fourth-order valence-electron chi connectivity index (χ4n) is 2.16. The molecule has 1 aromatic carbocycles. The monoisotopic (exact) mass is 352 g/mol. The molecule has 24 heavy (non-hydrogen) atoms. The number of hydrogen-bond donors (Lipinski definition) is 1. The molecule has 1 rings (SSSR count). The summed E-state index contributed by atoms with van der Waals surface area (Å²) in [5.74, 6) is -0.336. The molecule has 0 saturated heterocycles. The number of likely N-dealkylation sites (N-methyl/N-ethyl adjacent to an activating group) is 1. The molecule has 1 unspecified atom stereocenters. The Hall–Kier alpha value is -1.66. The molecule has 0 fully saturated rings. The molecule has 0 bridgehead atoms. The zero-order valence-corrected chi connectivity index (χ0v) is 15.7. The maximum absolute atomic E-state index is 12.5. The molecular weight excluding hydrogens is 324 g/mol. The molecule has 0 aliphatic carbocycles. The molecule has 0 aliphatic heterocycles. The summed E-state index contributed by atoms with van der Waals surface area (Å²) in [6, 6.07) is 8.40. The molecule has 0 radical (unpaired) electrons. The van der Waals surface area contributed by atoms with Gasteiger partial charge in [0, 0.05) is 19.0 Å². The highest BCUT2D eigenvalue weighted by atomic mass is 32.2. The van der Waals surface area contributed by atoms with Crippen molar-refractivity contribution < 1.29 is 13.2 Å². The number of nitrogens with one attached hydrogen (secondary N) is 1. The highest BCUT2D eigenvalue weighted by Crippen LogP contribution is 2.10. The van der Waals surface area contributed by atoms with E-state index in [1.807, 2.05) is 44.2 Å². The summed E-state index contributed by atoms with van der Waals surface area (Å²) < 4.78 is 27.1. The lowest BCUT2D eigenvalue weighted by molar-refractivity contribution is -0.132. The Labute approximate surface area is 145 Å². The summed E-state index contributed by atoms with van der Waals surface area (Å²) >= 11 is 0. The Balaban J connectivity index is 2.83. The van der Waals surface area contributed by atoms with Crippen molar-refractivity contribution in [3.63, 3.8) is 0 Å². The van der Waals surface area contributed by atoms with Crippen LogP contribution in [-0.4, -0.2) is 38.9 Å². The van der Waals surface area contributed by atoms with Crippen LogP contribution in [0.5, 0.6) is 0 Å². The first-order valence-electron chi connectivity index (χ1n) is 8.27. The van der Waals surface area contributed by atoms with Crippen LogP contribution in [0, 0.1) is 5.92 Å². The van der Waals surface area contributed by atoms with E-state index in [0.717, 1.165) is 23.8 Å². The van der Waals surface area contributed by atoms with E-state index in [1.165, 1.54) is 6.08 Å². The minimum absolute atomic E-state index is 0.138. The van der Waals surface area contributed by atoms with Crippen LogP contribution in [0.2, 0.25) is 0 Å². The number of sulfonamides is 1. The number of rotatable bonds is 9. The van der Waals surface area contributed by atoms with E-state index in [4.69, 9.17) is 0 Å². The average Bonchev–Trinajstić information content (AvgIpc) is 2.56. The highest BCUT2D eigenvalue weighted by molar-refractivity contribution is 7.92. The quantitative estimate of drug-likeness (QED) is 0.743. The van der Waals surface area contributed by atoms with Crippen LogP contribution >= 0.6 is 0 Å². The second kappa shape index (κ2) is 9.59. The van der Waals surface area contributed by atoms with Gasteiger partial charge in [-0.15, -0.1) is 0 Å². The van der Waals surface area contributed by atoms with Gasteiger partial charge in [-0.3, -0.25) is 4.79 Å². The van der Waals surface area contributed by atoms with Gasteiger partial charge in [0.25, 0.3) is 0 Å². The lowest BCUT2D eigenvalue weighted by Gasteiger charge is -2.26. The van der Waals surface area contributed by atoms with E-state index >= 15 is 0 Å². The third-order valence-electron chi connectivity index (χ3n) is 3.69. The van der Waals surface area contributed by atoms with Crippen molar-refractivity contribution in [2.45, 2.75) is 39.7 Å². The van der Waals surface area contributed by atoms with Gasteiger partial charge in [-0.1, -0.05) is 57.5 Å². The first-order chi connectivity index (χ1) is 11.3. The van der Waals surface area contributed by atoms with Crippen molar-refractivity contribution in [2.24, 2.45) is 5.92 Å². The number of nitrogens with zero attached hydrogens (tertiary/aromatic N) is 1. The molecular formula is C18H28N2O3S. The zero-order chi connectivity index (χ0) is 18.2. The Morgan fingerprint density at radius 3 is 2.42 bits per heavy atom. The van der Waals surface area contributed by atoms with E-state index in [1.54, 1.807) is 11.9 Å². The minimum atomic E-state index is -3.70. The fraction of sp³-hybridized carbons (Fsp3) is 0.500. The summed E-state index contributed by atoms with van der Waals surface area (Å²) in [4.78, 5) is 14.1. The van der Waals surface area contributed by atoms with Gasteiger partial charge in [0.15, 0.2) is 0 Å². The topological polar surface area (TPSA) is 66.5 Å². The number of unbranched alkanes of at least 4 members (excludes halogenated alkanes) is 1. The Morgan fingerprint density at radius 1 is 1.25 bits per heavy atom. The Kier molecular flexibility index (Phi) is 8.15. The Morgan fingerprint density at radius 2 is 1.88 bits per heavy atom. The molecule has 1 atom stereocenters. The number of carbonyl (C=O) groups excluding carboxylic acids is 1. The maximum Gasteiger partial charge on any atom is 0.240 e. The van der Waals surface area contributed by atoms with Crippen LogP contribution in [0.4, 0.5) is 0 Å². The standard InChI is InChI=1S/C18H28N2O3S/c1-5-6-13-20(4)18(21)17(15(2)3)19-24(22,23)14-12-16-10-8-7-9-11-16/h7-12,14-15,17,19H,5-6,13H2,1-4H3. The molecule has 6 heteroatoms. The van der Waals surface area contributed by atoms with Gasteiger partial charge in [-0.25, -0.2) is 8.42 Å². The van der Waals surface area contributed by atoms with Gasteiger partial charge in [0.05, 0.1) is 0 Å². The lowest BCUT2D eigenvalue weighted by Crippen LogP contribution is -2.49. The van der Waals surface area contributed by atoms with Crippen LogP contribution < -0.4 is 4.72 Å². The third kappa shape index (κ3) is 6.84. The van der Waals surface area contributed by atoms with E-state index in [-0.39, 0.29) is 11.8 Å². The van der Waals surface area contributed by atoms with Gasteiger partial charge in [-0.05, 0) is 24.0 Å². The zero-order valence-electron chi connectivity index (χ0n) is 14.9. The summed E-state index contributed by atoms with van der Waals surface area (Å²) in [7, 11) is -1.99. The van der Waals surface area contributed by atoms with E-state index in [0.29, 0.717) is 6.54 Å². The fourth-order valence-corrected chi connectivity index (χ4v) is 3.30. The lowest BCUT2D eigenvalue weighted by atomic mass is 10.0. The van der Waals surface area contributed by atoms with Gasteiger partial charge >= 0.3 is 0 Å². The molecule has 0 spiro atoms. The number of amides is 1. The second-order valence-corrected chi connectivity index (χ2v) is 7.81. The molecule has 0 aromatic heterocycles. The van der Waals surface area contributed by atoms with Crippen LogP contribution in [0.25, 0.3) is 6.08 Å². The number of benzene rings is 1. The number of hydrogen-bond acceptors (Lipinski definition) is 3. The molecule has 0 heterocycles. The largest absolute Gasteiger partial charge is 0.344 e. The van der Waals surface area contributed by atoms with Crippen LogP contribution in [-0.2, 0) is 14.8 Å². The van der Waals surface area contributed by atoms with Crippen molar-refractivity contribution in [1.29, 1.82) is 0 Å². The molecule has 5 nitrogen and oxygen atoms in total. The summed E-state index contributed by atoms with van der Waals surface area (Å²) in [5, 5.41) is 1.11. The average molecular weight is 353 g/mol. The first kappa shape index (κ1) is 20.4. The number of carbonyl (C=O) groups is 1. The molecule has 1 amide bonds. The van der Waals surface area contributed by atoms with Crippen LogP contribution in [0.3, 0.4) is 0 Å². The normalized spacial score (nSPS) is 13.4. The van der Waals surface area contributed by atoms with Gasteiger partial charge in [0.1, 0.15) is 6.04 Å². The van der Waals surface area contributed by atoms with Crippen molar-refractivity contribution in [1.82, 2.24) is 9.62 Å². The van der Waals surface area contributed by atoms with Crippen LogP contribution in [0.1, 0.15) is 39.2 Å². The first-order valence-corrected chi connectivity index (χ1v) is 9.82. The van der Waals surface area contributed by atoms with Crippen molar-refractivity contribution in [2.75, 3.05) is 13.6 Å². The second-order valence-electron chi connectivity index (χ2n) is 6.21. The maximum atomic E-state index is 12.5. The molecule has 1 N–H and O–H groups in total. The SMILES string of the molecule is CCCCN(C)C(=O)C(NS(=O)(=O)C=Cc1ccccc1)C(C)C. The van der Waals surface area contributed by atoms with Crippen molar-refractivity contribution in [3.05, 3.63) is 41.3 Å². The molecule has 134 valence electrons. The highest BCUT2D eigenvalue weighted by Gasteiger charge is 2.28. The van der Waals surface area contributed by atoms with Gasteiger partial charge in [0.2, 0.25) is 15.9 Å². The third-order valence-corrected chi connectivity index (χ3v) is 4.76. The summed E-state index contributed by atoms with van der Waals surface area (Å²) in [5.41, 5.74) is 0.787. The molecule has 0 saturated carbocycles. The van der Waals surface area contributed by atoms with Crippen LogP contribution in [0.15, 0.2) is 35.7 Å².